The van der Waals surface area contributed by atoms with E-state index >= 15 is 0 Å². The normalized spacial score (nSPS) is 15.0. The fourth-order valence-electron chi connectivity index (χ4n) is 2.56. The van der Waals surface area contributed by atoms with Crippen LogP contribution >= 0.6 is 45.6 Å². The number of hydrogen-bond donors (Lipinski definition) is 1. The molecule has 1 aliphatic heterocycles. The fourth-order valence-corrected chi connectivity index (χ4v) is 7.33. The number of amides is 1. The summed E-state index contributed by atoms with van der Waals surface area (Å²) in [5.74, 6) is -0.205. The van der Waals surface area contributed by atoms with Crippen LogP contribution in [-0.2, 0) is 23.0 Å². The number of fused-ring (bicyclic) bond motifs is 1. The SMILES string of the molecule is O=C(Nc1nc2c(s1)CN(S(=O)(=O)c1ccc(Cl)s1)CC2)c1cccs1. The van der Waals surface area contributed by atoms with Crippen molar-refractivity contribution in [2.45, 2.75) is 17.2 Å². The summed E-state index contributed by atoms with van der Waals surface area (Å²) in [4.78, 5) is 18.1. The van der Waals surface area contributed by atoms with E-state index in [4.69, 9.17) is 11.6 Å². The molecule has 3 aromatic heterocycles. The summed E-state index contributed by atoms with van der Waals surface area (Å²) in [5.41, 5.74) is 0.840. The molecule has 6 nitrogen and oxygen atoms in total. The number of rotatable bonds is 4. The third-order valence-electron chi connectivity index (χ3n) is 3.80. The van der Waals surface area contributed by atoms with Gasteiger partial charge in [-0.1, -0.05) is 17.7 Å². The molecule has 1 amide bonds. The van der Waals surface area contributed by atoms with Gasteiger partial charge in [-0.15, -0.1) is 34.0 Å². The van der Waals surface area contributed by atoms with Crippen molar-refractivity contribution in [3.05, 3.63) is 49.4 Å². The second-order valence-electron chi connectivity index (χ2n) is 5.47. The molecule has 0 saturated carbocycles. The zero-order valence-electron chi connectivity index (χ0n) is 13.1. The highest BCUT2D eigenvalue weighted by Crippen LogP contribution is 2.34. The van der Waals surface area contributed by atoms with Gasteiger partial charge in [-0.3, -0.25) is 10.1 Å². The Bertz CT molecular complexity index is 1060. The van der Waals surface area contributed by atoms with E-state index in [9.17, 15) is 13.2 Å². The summed E-state index contributed by atoms with van der Waals surface area (Å²) in [6, 6.07) is 6.66. The standard InChI is InChI=1S/C15H12ClN3O3S4/c16-12-3-4-13(25-12)26(21,22)19-6-5-9-11(8-19)24-15(17-9)18-14(20)10-2-1-7-23-10/h1-4,7H,5-6,8H2,(H,17,18,20). The van der Waals surface area contributed by atoms with Crippen LogP contribution in [0.3, 0.4) is 0 Å². The van der Waals surface area contributed by atoms with Crippen molar-refractivity contribution in [1.82, 2.24) is 9.29 Å². The topological polar surface area (TPSA) is 79.4 Å². The van der Waals surface area contributed by atoms with Gasteiger partial charge in [-0.25, -0.2) is 13.4 Å². The average Bonchev–Trinajstić information content (AvgIpc) is 3.34. The van der Waals surface area contributed by atoms with E-state index in [-0.39, 0.29) is 16.7 Å². The fraction of sp³-hybridized carbons (Fsp3) is 0.200. The Kier molecular flexibility index (Phi) is 4.88. The van der Waals surface area contributed by atoms with Crippen LogP contribution in [0.25, 0.3) is 0 Å². The number of halogens is 1. The van der Waals surface area contributed by atoms with Gasteiger partial charge < -0.3 is 0 Å². The lowest BCUT2D eigenvalue weighted by atomic mass is 10.2. The molecule has 0 aliphatic carbocycles. The van der Waals surface area contributed by atoms with E-state index in [0.717, 1.165) is 21.9 Å². The van der Waals surface area contributed by atoms with Gasteiger partial charge in [0.1, 0.15) is 4.21 Å². The highest BCUT2D eigenvalue weighted by atomic mass is 35.5. The average molecular weight is 446 g/mol. The van der Waals surface area contributed by atoms with Crippen molar-refractivity contribution < 1.29 is 13.2 Å². The summed E-state index contributed by atoms with van der Waals surface area (Å²) in [7, 11) is -3.57. The molecule has 11 heteroatoms. The molecule has 0 bridgehead atoms. The number of sulfonamides is 1. The van der Waals surface area contributed by atoms with Gasteiger partial charge in [0, 0.05) is 17.8 Å². The zero-order chi connectivity index (χ0) is 18.3. The van der Waals surface area contributed by atoms with E-state index < -0.39 is 10.0 Å². The smallest absolute Gasteiger partial charge is 0.267 e. The molecule has 0 saturated heterocycles. The van der Waals surface area contributed by atoms with Gasteiger partial charge in [0.15, 0.2) is 5.13 Å². The van der Waals surface area contributed by atoms with E-state index in [2.05, 4.69) is 10.3 Å². The number of anilines is 1. The Labute approximate surface area is 167 Å². The van der Waals surface area contributed by atoms with E-state index in [1.54, 1.807) is 12.1 Å². The van der Waals surface area contributed by atoms with Crippen LogP contribution < -0.4 is 5.32 Å². The molecule has 136 valence electrons. The first-order valence-corrected chi connectivity index (χ1v) is 11.9. The first-order valence-electron chi connectivity index (χ1n) is 7.52. The van der Waals surface area contributed by atoms with Crippen LogP contribution in [0.4, 0.5) is 5.13 Å². The minimum absolute atomic E-state index is 0.205. The lowest BCUT2D eigenvalue weighted by Gasteiger charge is -2.24. The molecule has 1 N–H and O–H groups in total. The van der Waals surface area contributed by atoms with Gasteiger partial charge in [0.25, 0.3) is 15.9 Å². The first-order chi connectivity index (χ1) is 12.4. The molecule has 0 spiro atoms. The molecule has 4 rings (SSSR count). The predicted molar refractivity (Wildman–Crippen MR) is 105 cm³/mol. The summed E-state index contributed by atoms with van der Waals surface area (Å²) in [6.45, 7) is 0.604. The van der Waals surface area contributed by atoms with Gasteiger partial charge >= 0.3 is 0 Å². The molecule has 0 radical (unpaired) electrons. The third-order valence-corrected chi connectivity index (χ3v) is 9.21. The van der Waals surface area contributed by atoms with Crippen LogP contribution in [0, 0.1) is 0 Å². The number of carbonyl (C=O) groups excluding carboxylic acids is 1. The molecule has 0 unspecified atom stereocenters. The maximum Gasteiger partial charge on any atom is 0.267 e. The molecule has 0 aromatic carbocycles. The second-order valence-corrected chi connectivity index (χ2v) is 11.4. The Morgan fingerprint density at radius 1 is 1.27 bits per heavy atom. The van der Waals surface area contributed by atoms with Crippen LogP contribution in [0.15, 0.2) is 33.9 Å². The van der Waals surface area contributed by atoms with Gasteiger partial charge in [0.05, 0.1) is 21.5 Å². The minimum Gasteiger partial charge on any atom is -0.297 e. The van der Waals surface area contributed by atoms with Crippen molar-refractivity contribution in [3.8, 4) is 0 Å². The second kappa shape index (κ2) is 7.02. The van der Waals surface area contributed by atoms with Crippen molar-refractivity contribution in [2.24, 2.45) is 0 Å². The number of thiophene rings is 2. The van der Waals surface area contributed by atoms with E-state index in [1.807, 2.05) is 11.4 Å². The van der Waals surface area contributed by atoms with Crippen molar-refractivity contribution in [3.63, 3.8) is 0 Å². The van der Waals surface area contributed by atoms with Gasteiger partial charge in [0.2, 0.25) is 0 Å². The summed E-state index contributed by atoms with van der Waals surface area (Å²) in [5, 5.41) is 5.11. The Balaban J connectivity index is 1.52. The van der Waals surface area contributed by atoms with Crippen molar-refractivity contribution in [1.29, 1.82) is 0 Å². The largest absolute Gasteiger partial charge is 0.297 e. The summed E-state index contributed by atoms with van der Waals surface area (Å²) < 4.78 is 27.6. The van der Waals surface area contributed by atoms with Crippen LogP contribution in [0.5, 0.6) is 0 Å². The number of thiazole rings is 1. The van der Waals surface area contributed by atoms with Crippen molar-refractivity contribution in [2.75, 3.05) is 11.9 Å². The predicted octanol–water partition coefficient (Wildman–Crippen LogP) is 3.92. The molecular weight excluding hydrogens is 434 g/mol. The molecule has 0 fully saturated rings. The molecular formula is C15H12ClN3O3S4. The highest BCUT2D eigenvalue weighted by molar-refractivity contribution is 7.91. The molecule has 3 aromatic rings. The summed E-state index contributed by atoms with van der Waals surface area (Å²) in [6.07, 6.45) is 0.513. The zero-order valence-corrected chi connectivity index (χ0v) is 17.2. The van der Waals surface area contributed by atoms with Crippen LogP contribution in [0.2, 0.25) is 4.34 Å². The van der Waals surface area contributed by atoms with Crippen molar-refractivity contribution >= 4 is 66.7 Å². The number of hydrogen-bond acceptors (Lipinski definition) is 7. The van der Waals surface area contributed by atoms with E-state index in [1.165, 1.54) is 33.0 Å². The number of carbonyl (C=O) groups is 1. The maximum atomic E-state index is 12.7. The lowest BCUT2D eigenvalue weighted by Crippen LogP contribution is -2.35. The number of aromatic nitrogens is 1. The monoisotopic (exact) mass is 445 g/mol. The van der Waals surface area contributed by atoms with E-state index in [0.29, 0.717) is 27.3 Å². The molecule has 26 heavy (non-hydrogen) atoms. The first kappa shape index (κ1) is 18.1. The van der Waals surface area contributed by atoms with Gasteiger partial charge in [-0.05, 0) is 23.6 Å². The Morgan fingerprint density at radius 2 is 2.12 bits per heavy atom. The van der Waals surface area contributed by atoms with Crippen LogP contribution in [0.1, 0.15) is 20.2 Å². The summed E-state index contributed by atoms with van der Waals surface area (Å²) >= 11 is 9.59. The molecule has 1 aliphatic rings. The lowest BCUT2D eigenvalue weighted by molar-refractivity contribution is 0.103. The van der Waals surface area contributed by atoms with Crippen LogP contribution in [-0.4, -0.2) is 30.2 Å². The quantitative estimate of drug-likeness (QED) is 0.660. The Morgan fingerprint density at radius 3 is 2.81 bits per heavy atom. The number of nitrogens with zero attached hydrogens (tertiary/aromatic N) is 2. The highest BCUT2D eigenvalue weighted by Gasteiger charge is 2.31. The maximum absolute atomic E-state index is 12.7. The third kappa shape index (κ3) is 3.45. The van der Waals surface area contributed by atoms with Gasteiger partial charge in [-0.2, -0.15) is 4.31 Å². The Hall–Kier alpha value is -1.30. The molecule has 0 atom stereocenters. The molecule has 4 heterocycles. The number of nitrogens with one attached hydrogen (secondary N) is 1. The minimum atomic E-state index is -3.57.